The third-order valence-corrected chi connectivity index (χ3v) is 5.37. The van der Waals surface area contributed by atoms with Gasteiger partial charge < -0.3 is 14.8 Å². The highest BCUT2D eigenvalue weighted by molar-refractivity contribution is 7.89. The van der Waals surface area contributed by atoms with Crippen LogP contribution < -0.4 is 10.1 Å². The lowest BCUT2D eigenvalue weighted by Gasteiger charge is -2.31. The quantitative estimate of drug-likeness (QED) is 0.759. The van der Waals surface area contributed by atoms with Crippen LogP contribution in [0.2, 0.25) is 0 Å². The maximum Gasteiger partial charge on any atom is 0.243 e. The molecule has 7 heteroatoms. The fourth-order valence-electron chi connectivity index (χ4n) is 2.33. The Morgan fingerprint density at radius 3 is 2.64 bits per heavy atom. The Bertz CT molecular complexity index is 559. The molecular weight excluding hydrogens is 304 g/mol. The number of hydrogen-bond acceptors (Lipinski definition) is 5. The Morgan fingerprint density at radius 1 is 1.27 bits per heavy atom. The molecule has 1 aromatic rings. The number of ether oxygens (including phenoxy) is 2. The molecule has 1 heterocycles. The van der Waals surface area contributed by atoms with Gasteiger partial charge >= 0.3 is 0 Å². The summed E-state index contributed by atoms with van der Waals surface area (Å²) in [5.74, 6) is 0.646. The minimum Gasteiger partial charge on any atom is -0.491 e. The average Bonchev–Trinajstić information content (AvgIpc) is 2.52. The lowest BCUT2D eigenvalue weighted by Crippen LogP contribution is -2.51. The normalized spacial score (nSPS) is 20.0. The number of rotatable bonds is 7. The SMILES string of the molecule is CCOCCOc1ccc(S(=O)(=O)N2CCNC(C)C2)cc1. The molecule has 1 unspecified atom stereocenters. The Balaban J connectivity index is 1.99. The molecule has 1 fully saturated rings. The summed E-state index contributed by atoms with van der Waals surface area (Å²) >= 11 is 0. The van der Waals surface area contributed by atoms with E-state index in [9.17, 15) is 8.42 Å². The molecule has 0 spiro atoms. The van der Waals surface area contributed by atoms with Gasteiger partial charge in [0.25, 0.3) is 0 Å². The van der Waals surface area contributed by atoms with E-state index in [1.54, 1.807) is 24.3 Å². The van der Waals surface area contributed by atoms with E-state index in [-0.39, 0.29) is 6.04 Å². The highest BCUT2D eigenvalue weighted by Gasteiger charge is 2.28. The van der Waals surface area contributed by atoms with Crippen LogP contribution in [0, 0.1) is 0 Å². The van der Waals surface area contributed by atoms with Gasteiger partial charge in [0.15, 0.2) is 0 Å². The molecule has 22 heavy (non-hydrogen) atoms. The van der Waals surface area contributed by atoms with E-state index in [0.29, 0.717) is 50.1 Å². The first-order valence-electron chi connectivity index (χ1n) is 7.58. The maximum absolute atomic E-state index is 12.6. The molecule has 0 radical (unpaired) electrons. The molecule has 1 atom stereocenters. The van der Waals surface area contributed by atoms with E-state index in [2.05, 4.69) is 5.32 Å². The van der Waals surface area contributed by atoms with Crippen LogP contribution in [-0.4, -0.2) is 58.2 Å². The topological polar surface area (TPSA) is 67.9 Å². The summed E-state index contributed by atoms with van der Waals surface area (Å²) in [6.07, 6.45) is 0. The molecule has 1 aromatic carbocycles. The van der Waals surface area contributed by atoms with E-state index in [1.807, 2.05) is 13.8 Å². The van der Waals surface area contributed by atoms with Crippen molar-refractivity contribution in [3.63, 3.8) is 0 Å². The van der Waals surface area contributed by atoms with Crippen molar-refractivity contribution in [2.45, 2.75) is 24.8 Å². The molecule has 1 aliphatic heterocycles. The van der Waals surface area contributed by atoms with E-state index in [4.69, 9.17) is 9.47 Å². The number of nitrogens with one attached hydrogen (secondary N) is 1. The van der Waals surface area contributed by atoms with Crippen LogP contribution in [0.15, 0.2) is 29.2 Å². The number of hydrogen-bond donors (Lipinski definition) is 1. The summed E-state index contributed by atoms with van der Waals surface area (Å²) < 4.78 is 37.4. The minimum atomic E-state index is -3.43. The molecule has 0 bridgehead atoms. The van der Waals surface area contributed by atoms with Crippen LogP contribution >= 0.6 is 0 Å². The standard InChI is InChI=1S/C15H24N2O4S/c1-3-20-10-11-21-14-4-6-15(7-5-14)22(18,19)17-9-8-16-13(2)12-17/h4-7,13,16H,3,8-12H2,1-2H3. The summed E-state index contributed by atoms with van der Waals surface area (Å²) in [5, 5.41) is 3.24. The van der Waals surface area contributed by atoms with Crippen LogP contribution in [0.1, 0.15) is 13.8 Å². The Hall–Kier alpha value is -1.15. The molecule has 0 aliphatic carbocycles. The summed E-state index contributed by atoms with van der Waals surface area (Å²) in [4.78, 5) is 0.304. The first-order chi connectivity index (χ1) is 10.5. The second kappa shape index (κ2) is 7.92. The summed E-state index contributed by atoms with van der Waals surface area (Å²) in [6, 6.07) is 6.73. The van der Waals surface area contributed by atoms with Crippen molar-refractivity contribution in [1.29, 1.82) is 0 Å². The van der Waals surface area contributed by atoms with Crippen LogP contribution in [0.4, 0.5) is 0 Å². The second-order valence-electron chi connectivity index (χ2n) is 5.24. The largest absolute Gasteiger partial charge is 0.491 e. The number of sulfonamides is 1. The lowest BCUT2D eigenvalue weighted by molar-refractivity contribution is 0.110. The summed E-state index contributed by atoms with van der Waals surface area (Å²) in [7, 11) is -3.43. The van der Waals surface area contributed by atoms with Crippen molar-refractivity contribution < 1.29 is 17.9 Å². The number of benzene rings is 1. The zero-order valence-corrected chi connectivity index (χ0v) is 13.9. The second-order valence-corrected chi connectivity index (χ2v) is 7.17. The van der Waals surface area contributed by atoms with Gasteiger partial charge in [-0.25, -0.2) is 8.42 Å². The first-order valence-corrected chi connectivity index (χ1v) is 9.02. The zero-order chi connectivity index (χ0) is 16.0. The van der Waals surface area contributed by atoms with Gasteiger partial charge in [-0.2, -0.15) is 4.31 Å². The molecule has 1 saturated heterocycles. The molecule has 124 valence electrons. The van der Waals surface area contributed by atoms with Crippen molar-refractivity contribution in [2.24, 2.45) is 0 Å². The van der Waals surface area contributed by atoms with Gasteiger partial charge in [0.05, 0.1) is 11.5 Å². The van der Waals surface area contributed by atoms with Gasteiger partial charge in [-0.1, -0.05) is 0 Å². The van der Waals surface area contributed by atoms with Gasteiger partial charge in [-0.15, -0.1) is 0 Å². The summed E-state index contributed by atoms with van der Waals surface area (Å²) in [5.41, 5.74) is 0. The third-order valence-electron chi connectivity index (χ3n) is 3.49. The molecule has 0 saturated carbocycles. The van der Waals surface area contributed by atoms with E-state index in [0.717, 1.165) is 0 Å². The monoisotopic (exact) mass is 328 g/mol. The number of nitrogens with zero attached hydrogens (tertiary/aromatic N) is 1. The van der Waals surface area contributed by atoms with E-state index >= 15 is 0 Å². The average molecular weight is 328 g/mol. The molecule has 0 amide bonds. The van der Waals surface area contributed by atoms with Crippen molar-refractivity contribution >= 4 is 10.0 Å². The molecule has 0 aromatic heterocycles. The van der Waals surface area contributed by atoms with Crippen molar-refractivity contribution in [3.05, 3.63) is 24.3 Å². The fourth-order valence-corrected chi connectivity index (χ4v) is 3.86. The van der Waals surface area contributed by atoms with Gasteiger partial charge in [-0.05, 0) is 38.1 Å². The molecule has 1 N–H and O–H groups in total. The van der Waals surface area contributed by atoms with Gasteiger partial charge in [0, 0.05) is 32.3 Å². The van der Waals surface area contributed by atoms with Crippen molar-refractivity contribution in [1.82, 2.24) is 9.62 Å². The van der Waals surface area contributed by atoms with Gasteiger partial charge in [0.1, 0.15) is 12.4 Å². The van der Waals surface area contributed by atoms with E-state index < -0.39 is 10.0 Å². The molecule has 2 rings (SSSR count). The Kier molecular flexibility index (Phi) is 6.19. The fraction of sp³-hybridized carbons (Fsp3) is 0.600. The molecule has 1 aliphatic rings. The number of piperazine rings is 1. The smallest absolute Gasteiger partial charge is 0.243 e. The Labute approximate surface area is 132 Å². The molecular formula is C15H24N2O4S. The van der Waals surface area contributed by atoms with Crippen LogP contribution in [0.25, 0.3) is 0 Å². The highest BCUT2D eigenvalue weighted by Crippen LogP contribution is 2.20. The maximum atomic E-state index is 12.6. The van der Waals surface area contributed by atoms with Crippen LogP contribution in [0.3, 0.4) is 0 Å². The Morgan fingerprint density at radius 2 is 2.00 bits per heavy atom. The van der Waals surface area contributed by atoms with E-state index in [1.165, 1.54) is 4.31 Å². The van der Waals surface area contributed by atoms with Crippen molar-refractivity contribution in [3.8, 4) is 5.75 Å². The zero-order valence-electron chi connectivity index (χ0n) is 13.1. The predicted octanol–water partition coefficient (Wildman–Crippen LogP) is 1.08. The third kappa shape index (κ3) is 4.42. The lowest BCUT2D eigenvalue weighted by atomic mass is 10.3. The predicted molar refractivity (Wildman–Crippen MR) is 84.7 cm³/mol. The van der Waals surface area contributed by atoms with Crippen LogP contribution in [-0.2, 0) is 14.8 Å². The van der Waals surface area contributed by atoms with Crippen LogP contribution in [0.5, 0.6) is 5.75 Å². The van der Waals surface area contributed by atoms with Crippen molar-refractivity contribution in [2.75, 3.05) is 39.5 Å². The van der Waals surface area contributed by atoms with Gasteiger partial charge in [-0.3, -0.25) is 0 Å². The van der Waals surface area contributed by atoms with Gasteiger partial charge in [0.2, 0.25) is 10.0 Å². The summed E-state index contributed by atoms with van der Waals surface area (Å²) in [6.45, 7) is 7.22. The first kappa shape index (κ1) is 17.2. The minimum absolute atomic E-state index is 0.171. The highest BCUT2D eigenvalue weighted by atomic mass is 32.2. The molecule has 6 nitrogen and oxygen atoms in total.